The standard InChI is InChI=1S/C28H18F2N2O.C27H19N3O.C25H18O2/c1-2-28(17-31)24(20-7-5-8-22(30)16-20)25(26(33)19-10-12-21(29)13-11-19)32-15-14-18-6-3-4-9-23(18)27(28)32;28-17-27(18-29)23(20-10-3-1-4-11-20)24(25(31)21-12-5-2-6-13-21)30-16-15-19-9-7-8-14-22(19)26(27)30;26-23-14-11-19(12-15-23)13-16-24-17-22(20-7-3-1-4-8-20)18-25(27-24)21-9-5-2-6-10-21/h1,3-16,24-25,27H;1-16,23-24,26H;1-18H/p+1/b;;16-13+/t;23?,24?,26-;/m.1./s1. The lowest BCUT2D eigenvalue weighted by molar-refractivity contribution is 0.0867. The van der Waals surface area contributed by atoms with Crippen molar-refractivity contribution in [2.75, 3.05) is 0 Å². The van der Waals surface area contributed by atoms with Crippen LogP contribution in [0.15, 0.2) is 272 Å². The molecule has 2 saturated heterocycles. The molecule has 9 aromatic carbocycles. The highest BCUT2D eigenvalue weighted by atomic mass is 19.1. The largest absolute Gasteiger partial charge is 0.508 e. The minimum atomic E-state index is -1.45. The van der Waals surface area contributed by atoms with Crippen molar-refractivity contribution < 1.29 is 27.9 Å². The van der Waals surface area contributed by atoms with Gasteiger partial charge in [-0.2, -0.15) is 15.8 Å². The maximum Gasteiger partial charge on any atom is 0.361 e. The topological polar surface area (TPSA) is 144 Å². The number of Topliss-reactive ketones (excluding diaryl/α,β-unsaturated/α-hetero) is 2. The molecule has 5 heterocycles. The summed E-state index contributed by atoms with van der Waals surface area (Å²) in [6, 6.07) is 81.0. The summed E-state index contributed by atoms with van der Waals surface area (Å²) in [5.74, 6) is 1.80. The molecule has 4 aliphatic rings. The van der Waals surface area contributed by atoms with Gasteiger partial charge in [-0.25, -0.2) is 13.2 Å². The number of aromatic hydroxyl groups is 1. The van der Waals surface area contributed by atoms with E-state index >= 15 is 0 Å². The van der Waals surface area contributed by atoms with Crippen molar-refractivity contribution in [3.63, 3.8) is 0 Å². The molecule has 6 unspecified atom stereocenters. The van der Waals surface area contributed by atoms with E-state index in [0.29, 0.717) is 16.7 Å². The van der Waals surface area contributed by atoms with Crippen molar-refractivity contribution in [2.24, 2.45) is 10.8 Å². The van der Waals surface area contributed by atoms with Crippen LogP contribution >= 0.6 is 0 Å². The van der Waals surface area contributed by atoms with Gasteiger partial charge < -0.3 is 14.9 Å². The van der Waals surface area contributed by atoms with Crippen molar-refractivity contribution in [1.82, 2.24) is 9.80 Å². The Balaban J connectivity index is 0.000000133. The first-order valence-corrected chi connectivity index (χ1v) is 29.6. The van der Waals surface area contributed by atoms with E-state index in [1.165, 1.54) is 36.4 Å². The number of phenolic OH excluding ortho intramolecular Hbond substituents is 1. The third kappa shape index (κ3) is 11.4. The second-order valence-corrected chi connectivity index (χ2v) is 22.5. The molecule has 0 saturated carbocycles. The van der Waals surface area contributed by atoms with Crippen molar-refractivity contribution in [3.8, 4) is 58.8 Å². The zero-order valence-electron chi connectivity index (χ0n) is 48.9. The summed E-state index contributed by atoms with van der Waals surface area (Å²) in [7, 11) is 0. The van der Waals surface area contributed by atoms with Gasteiger partial charge >= 0.3 is 11.5 Å². The summed E-state index contributed by atoms with van der Waals surface area (Å²) < 4.78 is 34.0. The zero-order chi connectivity index (χ0) is 63.1. The van der Waals surface area contributed by atoms with Gasteiger partial charge in [0.05, 0.1) is 48.0 Å². The van der Waals surface area contributed by atoms with Gasteiger partial charge in [0.1, 0.15) is 29.5 Å². The first kappa shape index (κ1) is 59.3. The monoisotopic (exact) mass is 1190 g/mol. The fraction of sp³-hybridized carbons (Fsp3) is 0.100. The van der Waals surface area contributed by atoms with Crippen LogP contribution in [0.4, 0.5) is 8.78 Å². The van der Waals surface area contributed by atoms with E-state index in [1.54, 1.807) is 42.6 Å². The molecule has 9 nitrogen and oxygen atoms in total. The van der Waals surface area contributed by atoms with E-state index in [2.05, 4.69) is 42.3 Å². The smallest absolute Gasteiger partial charge is 0.361 e. The highest BCUT2D eigenvalue weighted by Crippen LogP contribution is 2.61. The third-order valence-corrected chi connectivity index (χ3v) is 17.3. The number of phenols is 1. The van der Waals surface area contributed by atoms with Crippen LogP contribution in [0.5, 0.6) is 5.75 Å². The lowest BCUT2D eigenvalue weighted by atomic mass is 9.67. The van der Waals surface area contributed by atoms with Gasteiger partial charge in [0, 0.05) is 47.0 Å². The van der Waals surface area contributed by atoms with Crippen molar-refractivity contribution in [1.29, 1.82) is 15.8 Å². The van der Waals surface area contributed by atoms with E-state index in [1.807, 2.05) is 204 Å². The molecule has 1 N–H and O–H groups in total. The number of hydrogen-bond donors (Lipinski definition) is 1. The van der Waals surface area contributed by atoms with Gasteiger partial charge in [-0.05, 0) is 123 Å². The van der Waals surface area contributed by atoms with Crippen molar-refractivity contribution >= 4 is 35.9 Å². The first-order valence-electron chi connectivity index (χ1n) is 29.6. The molecule has 14 rings (SSSR count). The average Bonchev–Trinajstić information content (AvgIpc) is 1.57. The van der Waals surface area contributed by atoms with Crippen LogP contribution in [0.3, 0.4) is 0 Å². The molecule has 0 radical (unpaired) electrons. The van der Waals surface area contributed by atoms with Gasteiger partial charge in [0.2, 0.25) is 0 Å². The molecule has 0 aliphatic carbocycles. The summed E-state index contributed by atoms with van der Waals surface area (Å²) in [6.45, 7) is 0. The predicted molar refractivity (Wildman–Crippen MR) is 349 cm³/mol. The number of terminal acetylenes is 1. The summed E-state index contributed by atoms with van der Waals surface area (Å²) in [5.41, 5.74) is 7.17. The Kier molecular flexibility index (Phi) is 16.8. The molecular weight excluding hydrogens is 1130 g/mol. The van der Waals surface area contributed by atoms with Crippen LogP contribution in [-0.2, 0) is 0 Å². The summed E-state index contributed by atoms with van der Waals surface area (Å²) in [5, 5.41) is 40.8. The lowest BCUT2D eigenvalue weighted by Crippen LogP contribution is -2.37. The van der Waals surface area contributed by atoms with Crippen molar-refractivity contribution in [3.05, 3.63) is 335 Å². The molecule has 438 valence electrons. The normalized spacial score (nSPS) is 20.0. The van der Waals surface area contributed by atoms with Gasteiger partial charge in [0.15, 0.2) is 22.4 Å². The van der Waals surface area contributed by atoms with Gasteiger partial charge in [-0.1, -0.05) is 188 Å². The SMILES string of the molecule is C#CC1(C#N)C(c2cccc(F)c2)C(C(=O)c2ccc(F)cc2)N2C=Cc3ccccc3C21.N#CC1(C#N)C(c2ccccc2)C(C(=O)c2ccccc2)N2C=Cc3ccccc3[C@@H]21.Oc1ccc(/C=C/c2cc(-c3ccccc3)cc(-c3ccccc3)[o+]2)cc1. The Morgan fingerprint density at radius 3 is 1.52 bits per heavy atom. The molecule has 7 atom stereocenters. The second-order valence-electron chi connectivity index (χ2n) is 22.5. The highest BCUT2D eigenvalue weighted by Gasteiger charge is 2.65. The van der Waals surface area contributed by atoms with Gasteiger partial charge in [0.25, 0.3) is 0 Å². The number of hydrogen-bond acceptors (Lipinski definition) is 8. The number of rotatable bonds is 10. The molecular formula is C80H56F2N5O4+. The third-order valence-electron chi connectivity index (χ3n) is 17.3. The number of carbonyl (C=O) groups is 2. The summed E-state index contributed by atoms with van der Waals surface area (Å²) >= 11 is 0. The van der Waals surface area contributed by atoms with Crippen LogP contribution < -0.4 is 0 Å². The minimum absolute atomic E-state index is 0.0872. The Morgan fingerprint density at radius 2 is 0.967 bits per heavy atom. The number of nitriles is 3. The van der Waals surface area contributed by atoms with E-state index in [-0.39, 0.29) is 17.3 Å². The van der Waals surface area contributed by atoms with E-state index in [0.717, 1.165) is 61.6 Å². The predicted octanol–water partition coefficient (Wildman–Crippen LogP) is 17.4. The molecule has 0 spiro atoms. The second kappa shape index (κ2) is 25.7. The molecule has 11 heteroatoms. The minimum Gasteiger partial charge on any atom is -0.508 e. The van der Waals surface area contributed by atoms with Crippen molar-refractivity contribution in [2.45, 2.75) is 36.0 Å². The maximum absolute atomic E-state index is 14.3. The van der Waals surface area contributed by atoms with Crippen LogP contribution in [0, 0.1) is 68.8 Å². The first-order chi connectivity index (χ1) is 44.5. The number of halogens is 2. The number of fused-ring (bicyclic) bond motifs is 6. The van der Waals surface area contributed by atoms with Crippen LogP contribution in [0.25, 0.3) is 46.8 Å². The fourth-order valence-electron chi connectivity index (χ4n) is 13.2. The zero-order valence-corrected chi connectivity index (χ0v) is 48.9. The number of carbonyl (C=O) groups excluding carboxylic acids is 2. The number of nitrogens with zero attached hydrogens (tertiary/aromatic N) is 5. The lowest BCUT2D eigenvalue weighted by Gasteiger charge is -2.35. The van der Waals surface area contributed by atoms with E-state index < -0.39 is 58.5 Å². The van der Waals surface area contributed by atoms with Gasteiger partial charge in [-0.15, -0.1) is 6.42 Å². The fourth-order valence-corrected chi connectivity index (χ4v) is 13.2. The quantitative estimate of drug-likeness (QED) is 0.0804. The number of benzene rings is 9. The van der Waals surface area contributed by atoms with Crippen LogP contribution in [0.2, 0.25) is 0 Å². The molecule has 2 fully saturated rings. The molecule has 1 aromatic heterocycles. The molecule has 0 bridgehead atoms. The average molecular weight is 1190 g/mol. The maximum atomic E-state index is 14.3. The number of ketones is 2. The summed E-state index contributed by atoms with van der Waals surface area (Å²) in [4.78, 5) is 31.4. The summed E-state index contributed by atoms with van der Waals surface area (Å²) in [6.07, 6.45) is 17.5. The molecule has 0 amide bonds. The highest BCUT2D eigenvalue weighted by molar-refractivity contribution is 6.02. The Morgan fingerprint density at radius 1 is 0.484 bits per heavy atom. The van der Waals surface area contributed by atoms with Crippen LogP contribution in [-0.4, -0.2) is 38.6 Å². The Labute approximate surface area is 526 Å². The van der Waals surface area contributed by atoms with Crippen LogP contribution in [0.1, 0.15) is 89.3 Å². The molecule has 10 aromatic rings. The molecule has 91 heavy (non-hydrogen) atoms. The molecule has 4 aliphatic heterocycles. The van der Waals surface area contributed by atoms with E-state index in [9.17, 15) is 39.3 Å². The Bertz CT molecular complexity index is 4520. The Hall–Kier alpha value is -12.0. The van der Waals surface area contributed by atoms with Gasteiger partial charge in [-0.3, -0.25) is 9.59 Å². The van der Waals surface area contributed by atoms with E-state index in [4.69, 9.17) is 10.8 Å².